The van der Waals surface area contributed by atoms with E-state index in [1.807, 2.05) is 24.3 Å². The van der Waals surface area contributed by atoms with Gasteiger partial charge in [-0.2, -0.15) is 14.9 Å². The molecule has 0 bridgehead atoms. The van der Waals surface area contributed by atoms with Crippen molar-refractivity contribution >= 4 is 21.6 Å². The largest absolute Gasteiger partial charge is 0.493 e. The van der Waals surface area contributed by atoms with Crippen LogP contribution in [0.1, 0.15) is 35.7 Å². The van der Waals surface area contributed by atoms with Crippen molar-refractivity contribution in [2.24, 2.45) is 0 Å². The van der Waals surface area contributed by atoms with Crippen LogP contribution in [0.15, 0.2) is 51.7 Å². The zero-order valence-corrected chi connectivity index (χ0v) is 16.8. The summed E-state index contributed by atoms with van der Waals surface area (Å²) in [4.78, 5) is 4.66. The minimum Gasteiger partial charge on any atom is -0.493 e. The molecular formula is C21H17BrN4O2. The molecule has 28 heavy (non-hydrogen) atoms. The van der Waals surface area contributed by atoms with Gasteiger partial charge in [-0.25, -0.2) is 4.98 Å². The first-order valence-corrected chi connectivity index (χ1v) is 9.73. The van der Waals surface area contributed by atoms with Gasteiger partial charge in [0.15, 0.2) is 16.1 Å². The van der Waals surface area contributed by atoms with Crippen LogP contribution in [-0.4, -0.2) is 19.7 Å². The summed E-state index contributed by atoms with van der Waals surface area (Å²) < 4.78 is 7.58. The van der Waals surface area contributed by atoms with Gasteiger partial charge in [0.1, 0.15) is 6.07 Å². The Labute approximate surface area is 170 Å². The number of aromatic hydroxyl groups is 1. The van der Waals surface area contributed by atoms with E-state index in [1.54, 1.807) is 18.3 Å². The van der Waals surface area contributed by atoms with E-state index in [9.17, 15) is 10.4 Å². The van der Waals surface area contributed by atoms with Gasteiger partial charge in [0.25, 0.3) is 0 Å². The Bertz CT molecular complexity index is 1190. The maximum absolute atomic E-state index is 10.7. The number of aromatic nitrogens is 3. The summed E-state index contributed by atoms with van der Waals surface area (Å²) >= 11 is 3.27. The Morgan fingerprint density at radius 1 is 1.25 bits per heavy atom. The molecule has 3 heterocycles. The van der Waals surface area contributed by atoms with Crippen molar-refractivity contribution in [3.05, 3.63) is 69.6 Å². The maximum atomic E-state index is 10.7. The molecule has 1 N–H and O–H groups in total. The highest BCUT2D eigenvalue weighted by atomic mass is 79.9. The Kier molecular flexibility index (Phi) is 4.88. The normalized spacial score (nSPS) is 11.0. The van der Waals surface area contributed by atoms with E-state index in [-0.39, 0.29) is 5.88 Å². The Morgan fingerprint density at radius 3 is 2.75 bits per heavy atom. The minimum absolute atomic E-state index is 0.129. The second-order valence-corrected chi connectivity index (χ2v) is 7.27. The van der Waals surface area contributed by atoms with Gasteiger partial charge in [-0.05, 0) is 27.9 Å². The Hall–Kier alpha value is -3.11. The van der Waals surface area contributed by atoms with Crippen molar-refractivity contribution in [1.29, 1.82) is 5.26 Å². The smallest absolute Gasteiger partial charge is 0.219 e. The summed E-state index contributed by atoms with van der Waals surface area (Å²) in [5.74, 6) is 0.666. The molecule has 0 unspecified atom stereocenters. The summed E-state index contributed by atoms with van der Waals surface area (Å²) in [6.45, 7) is 2.09. The Balaban J connectivity index is 1.69. The van der Waals surface area contributed by atoms with Gasteiger partial charge < -0.3 is 9.52 Å². The number of nitriles is 1. The van der Waals surface area contributed by atoms with Crippen LogP contribution >= 0.6 is 15.9 Å². The molecule has 0 atom stereocenters. The average molecular weight is 437 g/mol. The molecule has 0 aliphatic carbocycles. The van der Waals surface area contributed by atoms with Gasteiger partial charge >= 0.3 is 0 Å². The molecule has 6 nitrogen and oxygen atoms in total. The summed E-state index contributed by atoms with van der Waals surface area (Å²) in [5, 5.41) is 24.1. The zero-order valence-electron chi connectivity index (χ0n) is 15.2. The third-order valence-corrected chi connectivity index (χ3v) is 4.99. The lowest BCUT2D eigenvalue weighted by molar-refractivity contribution is 0.427. The predicted molar refractivity (Wildman–Crippen MR) is 108 cm³/mol. The van der Waals surface area contributed by atoms with Crippen LogP contribution in [0.2, 0.25) is 0 Å². The molecule has 4 rings (SSSR count). The molecule has 7 heteroatoms. The number of furan rings is 1. The van der Waals surface area contributed by atoms with Gasteiger partial charge in [-0.1, -0.05) is 37.6 Å². The number of benzene rings is 1. The van der Waals surface area contributed by atoms with Crippen molar-refractivity contribution in [2.45, 2.75) is 26.2 Å². The van der Waals surface area contributed by atoms with Crippen LogP contribution in [0.4, 0.5) is 0 Å². The fourth-order valence-corrected chi connectivity index (χ4v) is 3.66. The highest BCUT2D eigenvalue weighted by Gasteiger charge is 2.16. The lowest BCUT2D eigenvalue weighted by Gasteiger charge is -2.12. The van der Waals surface area contributed by atoms with E-state index in [1.165, 1.54) is 4.52 Å². The fraction of sp³-hybridized carbons (Fsp3) is 0.190. The van der Waals surface area contributed by atoms with Gasteiger partial charge in [-0.15, -0.1) is 0 Å². The summed E-state index contributed by atoms with van der Waals surface area (Å²) in [6.07, 6.45) is 3.89. The molecule has 140 valence electrons. The zero-order chi connectivity index (χ0) is 19.7. The van der Waals surface area contributed by atoms with Crippen LogP contribution < -0.4 is 0 Å². The van der Waals surface area contributed by atoms with Crippen LogP contribution in [0.25, 0.3) is 17.0 Å². The SMILES string of the molecule is CCCc1nc2ccnn2c(O)c1Cc1ccc(-c2oc(Br)cc2C#N)cc1. The van der Waals surface area contributed by atoms with Gasteiger partial charge in [0.05, 0.1) is 17.5 Å². The number of fused-ring (bicyclic) bond motifs is 1. The van der Waals surface area contributed by atoms with E-state index >= 15 is 0 Å². The molecule has 1 aromatic carbocycles. The van der Waals surface area contributed by atoms with Crippen molar-refractivity contribution in [3.63, 3.8) is 0 Å². The maximum Gasteiger partial charge on any atom is 0.219 e. The molecule has 4 aromatic rings. The van der Waals surface area contributed by atoms with E-state index in [0.29, 0.717) is 28.1 Å². The second-order valence-electron chi connectivity index (χ2n) is 6.49. The van der Waals surface area contributed by atoms with Crippen molar-refractivity contribution < 1.29 is 9.52 Å². The minimum atomic E-state index is 0.129. The van der Waals surface area contributed by atoms with Crippen molar-refractivity contribution in [2.75, 3.05) is 0 Å². The number of hydrogen-bond acceptors (Lipinski definition) is 5. The number of halogens is 1. The number of aryl methyl sites for hydroxylation is 1. The molecule has 0 fully saturated rings. The highest BCUT2D eigenvalue weighted by Crippen LogP contribution is 2.31. The highest BCUT2D eigenvalue weighted by molar-refractivity contribution is 9.10. The number of nitrogens with zero attached hydrogens (tertiary/aromatic N) is 4. The molecule has 0 saturated heterocycles. The fourth-order valence-electron chi connectivity index (χ4n) is 3.27. The third kappa shape index (κ3) is 3.27. The number of rotatable bonds is 5. The van der Waals surface area contributed by atoms with Crippen LogP contribution in [0.5, 0.6) is 5.88 Å². The molecule has 0 aliphatic heterocycles. The standard InChI is InChI=1S/C21H17BrN4O2/c1-2-3-17-16(21(27)26-19(25-17)8-9-24-26)10-13-4-6-14(7-5-13)20-15(12-23)11-18(22)28-20/h4-9,11,27H,2-3,10H2,1H3. The van der Waals surface area contributed by atoms with E-state index in [2.05, 4.69) is 39.0 Å². The van der Waals surface area contributed by atoms with Crippen molar-refractivity contribution in [1.82, 2.24) is 14.6 Å². The van der Waals surface area contributed by atoms with Crippen LogP contribution in [-0.2, 0) is 12.8 Å². The molecule has 0 radical (unpaired) electrons. The first-order valence-electron chi connectivity index (χ1n) is 8.94. The van der Waals surface area contributed by atoms with Gasteiger partial charge in [-0.3, -0.25) is 0 Å². The van der Waals surface area contributed by atoms with Gasteiger partial charge in [0, 0.05) is 29.7 Å². The third-order valence-electron chi connectivity index (χ3n) is 4.60. The average Bonchev–Trinajstić information content (AvgIpc) is 3.32. The van der Waals surface area contributed by atoms with E-state index < -0.39 is 0 Å². The topological polar surface area (TPSA) is 87.3 Å². The summed E-state index contributed by atoms with van der Waals surface area (Å²) in [5.41, 5.74) is 4.64. The first kappa shape index (κ1) is 18.3. The van der Waals surface area contributed by atoms with E-state index in [4.69, 9.17) is 4.42 Å². The molecule has 0 spiro atoms. The molecular weight excluding hydrogens is 420 g/mol. The van der Waals surface area contributed by atoms with Crippen molar-refractivity contribution in [3.8, 4) is 23.3 Å². The number of hydrogen-bond donors (Lipinski definition) is 1. The predicted octanol–water partition coefficient (Wildman–Crippen LogP) is 4.87. The Morgan fingerprint density at radius 2 is 2.04 bits per heavy atom. The van der Waals surface area contributed by atoms with Crippen LogP contribution in [0, 0.1) is 11.3 Å². The molecule has 3 aromatic heterocycles. The lowest BCUT2D eigenvalue weighted by atomic mass is 10.00. The monoisotopic (exact) mass is 436 g/mol. The van der Waals surface area contributed by atoms with Crippen LogP contribution in [0.3, 0.4) is 0 Å². The molecule has 0 amide bonds. The van der Waals surface area contributed by atoms with E-state index in [0.717, 1.165) is 35.2 Å². The summed E-state index contributed by atoms with van der Waals surface area (Å²) in [7, 11) is 0. The lowest BCUT2D eigenvalue weighted by Crippen LogP contribution is -2.05. The molecule has 0 saturated carbocycles. The first-order chi connectivity index (χ1) is 13.6. The summed E-state index contributed by atoms with van der Waals surface area (Å²) in [6, 6.07) is 13.3. The second kappa shape index (κ2) is 7.49. The van der Waals surface area contributed by atoms with Gasteiger partial charge in [0.2, 0.25) is 5.88 Å². The molecule has 0 aliphatic rings. The quantitative estimate of drug-likeness (QED) is 0.481.